The molecule has 1 fully saturated rings. The van der Waals surface area contributed by atoms with Gasteiger partial charge in [0.25, 0.3) is 0 Å². The van der Waals surface area contributed by atoms with Gasteiger partial charge >= 0.3 is 5.97 Å². The molecule has 118 valence electrons. The standard InChI is InChI=1S/C18H24N2O2/c1-18(2,3)17(21)22-16(13-7-5-4-6-8-13)14-9-10-15(11-19)20-12-14/h9-10,12-13,16H,4-8H2,1-3H3/t16-/m1/s1. The first-order valence-electron chi connectivity index (χ1n) is 7.99. The van der Waals surface area contributed by atoms with Crippen molar-refractivity contribution in [1.29, 1.82) is 5.26 Å². The van der Waals surface area contributed by atoms with Crippen molar-refractivity contribution < 1.29 is 9.53 Å². The normalized spacial score (nSPS) is 17.5. The molecule has 1 heterocycles. The van der Waals surface area contributed by atoms with Crippen molar-refractivity contribution in [2.24, 2.45) is 11.3 Å². The van der Waals surface area contributed by atoms with E-state index < -0.39 is 5.41 Å². The van der Waals surface area contributed by atoms with Crippen LogP contribution in [-0.2, 0) is 9.53 Å². The van der Waals surface area contributed by atoms with E-state index in [9.17, 15) is 4.79 Å². The van der Waals surface area contributed by atoms with Crippen LogP contribution in [0.3, 0.4) is 0 Å². The highest BCUT2D eigenvalue weighted by Gasteiger charge is 2.32. The molecule has 4 heteroatoms. The molecule has 1 aromatic rings. The molecule has 0 bridgehead atoms. The van der Waals surface area contributed by atoms with E-state index in [4.69, 9.17) is 10.00 Å². The number of aromatic nitrogens is 1. The Morgan fingerprint density at radius 2 is 2.00 bits per heavy atom. The number of rotatable bonds is 3. The Morgan fingerprint density at radius 1 is 1.32 bits per heavy atom. The Kier molecular flexibility index (Phi) is 5.18. The molecule has 1 aliphatic rings. The summed E-state index contributed by atoms with van der Waals surface area (Å²) in [4.78, 5) is 16.4. The predicted molar refractivity (Wildman–Crippen MR) is 83.8 cm³/mol. The summed E-state index contributed by atoms with van der Waals surface area (Å²) >= 11 is 0. The van der Waals surface area contributed by atoms with E-state index in [1.807, 2.05) is 32.9 Å². The van der Waals surface area contributed by atoms with E-state index in [2.05, 4.69) is 4.98 Å². The van der Waals surface area contributed by atoms with Crippen LogP contribution in [-0.4, -0.2) is 11.0 Å². The van der Waals surface area contributed by atoms with Gasteiger partial charge in [-0.05, 0) is 39.7 Å². The molecule has 0 unspecified atom stereocenters. The lowest BCUT2D eigenvalue weighted by atomic mass is 9.82. The topological polar surface area (TPSA) is 63.0 Å². The maximum atomic E-state index is 12.3. The fraction of sp³-hybridized carbons (Fsp3) is 0.611. The average Bonchev–Trinajstić information content (AvgIpc) is 2.52. The predicted octanol–water partition coefficient (Wildman–Crippen LogP) is 4.16. The van der Waals surface area contributed by atoms with Crippen molar-refractivity contribution >= 4 is 5.97 Å². The summed E-state index contributed by atoms with van der Waals surface area (Å²) in [6.07, 6.45) is 7.17. The van der Waals surface area contributed by atoms with Crippen LogP contribution in [0, 0.1) is 22.7 Å². The van der Waals surface area contributed by atoms with Crippen molar-refractivity contribution in [2.45, 2.75) is 59.0 Å². The largest absolute Gasteiger partial charge is 0.457 e. The van der Waals surface area contributed by atoms with Gasteiger partial charge in [-0.1, -0.05) is 25.3 Å². The number of ether oxygens (including phenoxy) is 1. The maximum absolute atomic E-state index is 12.3. The zero-order valence-electron chi connectivity index (χ0n) is 13.6. The van der Waals surface area contributed by atoms with Crippen LogP contribution in [0.15, 0.2) is 18.3 Å². The molecule has 2 rings (SSSR count). The van der Waals surface area contributed by atoms with Gasteiger partial charge < -0.3 is 4.74 Å². The van der Waals surface area contributed by atoms with Gasteiger partial charge in [-0.2, -0.15) is 5.26 Å². The van der Waals surface area contributed by atoms with E-state index in [0.717, 1.165) is 18.4 Å². The number of hydrogen-bond acceptors (Lipinski definition) is 4. The number of nitrogens with zero attached hydrogens (tertiary/aromatic N) is 2. The monoisotopic (exact) mass is 300 g/mol. The van der Waals surface area contributed by atoms with E-state index in [1.54, 1.807) is 12.3 Å². The molecule has 22 heavy (non-hydrogen) atoms. The second kappa shape index (κ2) is 6.91. The van der Waals surface area contributed by atoms with Crippen molar-refractivity contribution in [3.63, 3.8) is 0 Å². The van der Waals surface area contributed by atoms with Crippen molar-refractivity contribution in [1.82, 2.24) is 4.98 Å². The van der Waals surface area contributed by atoms with Crippen molar-refractivity contribution in [2.75, 3.05) is 0 Å². The number of esters is 1. The van der Waals surface area contributed by atoms with E-state index in [1.165, 1.54) is 19.3 Å². The summed E-state index contributed by atoms with van der Waals surface area (Å²) in [7, 11) is 0. The molecule has 0 N–H and O–H groups in total. The minimum atomic E-state index is -0.521. The molecular formula is C18H24N2O2. The molecule has 0 saturated heterocycles. The second-order valence-electron chi connectivity index (χ2n) is 7.06. The fourth-order valence-electron chi connectivity index (χ4n) is 2.81. The van der Waals surface area contributed by atoms with Crippen molar-refractivity contribution in [3.8, 4) is 6.07 Å². The quantitative estimate of drug-likeness (QED) is 0.786. The summed E-state index contributed by atoms with van der Waals surface area (Å²) in [5.74, 6) is 0.155. The Hall–Kier alpha value is -1.89. The van der Waals surface area contributed by atoms with Gasteiger partial charge in [0.2, 0.25) is 0 Å². The van der Waals surface area contributed by atoms with E-state index in [0.29, 0.717) is 11.6 Å². The third-order valence-corrected chi connectivity index (χ3v) is 4.15. The van der Waals surface area contributed by atoms with Gasteiger partial charge in [-0.25, -0.2) is 4.98 Å². The highest BCUT2D eigenvalue weighted by atomic mass is 16.5. The molecule has 1 aliphatic carbocycles. The van der Waals surface area contributed by atoms with Gasteiger partial charge in [-0.3, -0.25) is 4.79 Å². The van der Waals surface area contributed by atoms with Crippen LogP contribution in [0.2, 0.25) is 0 Å². The lowest BCUT2D eigenvalue weighted by molar-refractivity contribution is -0.162. The second-order valence-corrected chi connectivity index (χ2v) is 7.06. The maximum Gasteiger partial charge on any atom is 0.311 e. The molecule has 1 aromatic heterocycles. The zero-order valence-corrected chi connectivity index (χ0v) is 13.6. The summed E-state index contributed by atoms with van der Waals surface area (Å²) in [6.45, 7) is 5.60. The van der Waals surface area contributed by atoms with Crippen LogP contribution >= 0.6 is 0 Å². The summed E-state index contributed by atoms with van der Waals surface area (Å²) in [5, 5.41) is 8.87. The summed E-state index contributed by atoms with van der Waals surface area (Å²) < 4.78 is 5.85. The molecule has 1 atom stereocenters. The molecule has 0 radical (unpaired) electrons. The molecule has 4 nitrogen and oxygen atoms in total. The first-order chi connectivity index (χ1) is 10.4. The van der Waals surface area contributed by atoms with Crippen LogP contribution in [0.1, 0.15) is 70.2 Å². The number of carbonyl (C=O) groups excluding carboxylic acids is 1. The molecule has 0 aliphatic heterocycles. The Morgan fingerprint density at radius 3 is 2.50 bits per heavy atom. The number of hydrogen-bond donors (Lipinski definition) is 0. The minimum Gasteiger partial charge on any atom is -0.457 e. The zero-order chi connectivity index (χ0) is 16.2. The summed E-state index contributed by atoms with van der Waals surface area (Å²) in [5.41, 5.74) is 0.754. The lowest BCUT2D eigenvalue weighted by Gasteiger charge is -2.32. The smallest absolute Gasteiger partial charge is 0.311 e. The molecule has 0 spiro atoms. The third kappa shape index (κ3) is 4.07. The van der Waals surface area contributed by atoms with Crippen LogP contribution in [0.4, 0.5) is 0 Å². The molecule has 0 amide bonds. The fourth-order valence-corrected chi connectivity index (χ4v) is 2.81. The van der Waals surface area contributed by atoms with Crippen LogP contribution in [0.5, 0.6) is 0 Å². The SMILES string of the molecule is CC(C)(C)C(=O)O[C@@H](c1ccc(C#N)nc1)C1CCCCC1. The van der Waals surface area contributed by atoms with Crippen molar-refractivity contribution in [3.05, 3.63) is 29.6 Å². The van der Waals surface area contributed by atoms with Crippen LogP contribution in [0.25, 0.3) is 0 Å². The first-order valence-corrected chi connectivity index (χ1v) is 7.99. The van der Waals surface area contributed by atoms with Gasteiger partial charge in [0, 0.05) is 17.7 Å². The Balaban J connectivity index is 2.23. The first kappa shape index (κ1) is 16.5. The summed E-state index contributed by atoms with van der Waals surface area (Å²) in [6, 6.07) is 5.57. The van der Waals surface area contributed by atoms with Gasteiger partial charge in [-0.15, -0.1) is 0 Å². The third-order valence-electron chi connectivity index (χ3n) is 4.15. The highest BCUT2D eigenvalue weighted by molar-refractivity contribution is 5.75. The van der Waals surface area contributed by atoms with Gasteiger partial charge in [0.1, 0.15) is 17.9 Å². The number of pyridine rings is 1. The van der Waals surface area contributed by atoms with E-state index in [-0.39, 0.29) is 12.1 Å². The van der Waals surface area contributed by atoms with Crippen LogP contribution < -0.4 is 0 Å². The highest BCUT2D eigenvalue weighted by Crippen LogP contribution is 2.38. The molecule has 0 aromatic carbocycles. The molecular weight excluding hydrogens is 276 g/mol. The Bertz CT molecular complexity index is 546. The van der Waals surface area contributed by atoms with Gasteiger partial charge in [0.05, 0.1) is 5.41 Å². The van der Waals surface area contributed by atoms with Gasteiger partial charge in [0.15, 0.2) is 0 Å². The average molecular weight is 300 g/mol. The number of carbonyl (C=O) groups is 1. The van der Waals surface area contributed by atoms with E-state index >= 15 is 0 Å². The minimum absolute atomic E-state index is 0.188. The molecule has 1 saturated carbocycles. The lowest BCUT2D eigenvalue weighted by Crippen LogP contribution is -2.29. The number of nitriles is 1. The Labute approximate surface area is 132 Å².